The van der Waals surface area contributed by atoms with Crippen molar-refractivity contribution >= 4 is 17.5 Å². The van der Waals surface area contributed by atoms with Crippen LogP contribution < -0.4 is 15.5 Å². The molecule has 3 N–H and O–H groups in total. The predicted molar refractivity (Wildman–Crippen MR) is 100 cm³/mol. The second-order valence-corrected chi connectivity index (χ2v) is 6.42. The van der Waals surface area contributed by atoms with Gasteiger partial charge in [0.15, 0.2) is 0 Å². The third kappa shape index (κ3) is 6.19. The van der Waals surface area contributed by atoms with Crippen molar-refractivity contribution < 1.29 is 19.4 Å². The number of carbonyl (C=O) groups is 2. The first kappa shape index (κ1) is 20.1. The maximum Gasteiger partial charge on any atom is 0.270 e. The molecule has 0 fully saturated rings. The van der Waals surface area contributed by atoms with Crippen LogP contribution in [0.4, 0.5) is 5.69 Å². The van der Waals surface area contributed by atoms with Gasteiger partial charge in [0.2, 0.25) is 5.91 Å². The summed E-state index contributed by atoms with van der Waals surface area (Å²) in [5, 5.41) is 16.0. The lowest BCUT2D eigenvalue weighted by molar-refractivity contribution is -0.872. The minimum atomic E-state index is -0.573. The number of nitro benzene ring substituents is 1. The number of rotatable bonds is 8. The fraction of sp³-hybridized carbons (Fsp3) is 0.263. The van der Waals surface area contributed by atoms with Gasteiger partial charge in [0.25, 0.3) is 11.6 Å². The zero-order chi connectivity index (χ0) is 19.8. The Kier molecular flexibility index (Phi) is 7.01. The van der Waals surface area contributed by atoms with E-state index in [4.69, 9.17) is 0 Å². The lowest BCUT2D eigenvalue weighted by Crippen LogP contribution is -3.04. The van der Waals surface area contributed by atoms with Crippen LogP contribution >= 0.6 is 0 Å². The number of quaternary nitrogens is 1. The second-order valence-electron chi connectivity index (χ2n) is 6.42. The Bertz CT molecular complexity index is 836. The normalized spacial score (nSPS) is 10.5. The number of benzene rings is 2. The van der Waals surface area contributed by atoms with E-state index >= 15 is 0 Å². The maximum atomic E-state index is 12.1. The molecule has 0 bridgehead atoms. The van der Waals surface area contributed by atoms with Gasteiger partial charge >= 0.3 is 0 Å². The number of amides is 2. The molecular formula is C19H23N4O4+. The number of nitrogens with one attached hydrogen (secondary N) is 3. The van der Waals surface area contributed by atoms with E-state index in [1.807, 2.05) is 24.3 Å². The molecule has 0 aliphatic carbocycles. The number of non-ortho nitro benzene ring substituents is 1. The number of nitro groups is 1. The third-order valence-electron chi connectivity index (χ3n) is 3.87. The van der Waals surface area contributed by atoms with Gasteiger partial charge in [-0.15, -0.1) is 0 Å². The van der Waals surface area contributed by atoms with E-state index in [1.165, 1.54) is 29.2 Å². The summed E-state index contributed by atoms with van der Waals surface area (Å²) in [6.07, 6.45) is 0. The van der Waals surface area contributed by atoms with Gasteiger partial charge in [-0.2, -0.15) is 0 Å². The summed E-state index contributed by atoms with van der Waals surface area (Å²) in [5.74, 6) is -0.869. The highest BCUT2D eigenvalue weighted by Crippen LogP contribution is 2.12. The van der Waals surface area contributed by atoms with Crippen LogP contribution in [0.15, 0.2) is 48.5 Å². The molecule has 0 heterocycles. The fourth-order valence-corrected chi connectivity index (χ4v) is 2.56. The third-order valence-corrected chi connectivity index (χ3v) is 3.87. The first-order chi connectivity index (χ1) is 12.9. The second kappa shape index (κ2) is 9.44. The standard InChI is InChI=1S/C19H22N4O4/c1-22(2)13-16-7-4-3-6-15(16)11-20-18(24)12-21-19(25)14-8-5-9-17(10-14)23(26)27/h3-10H,11-13H2,1-2H3,(H,20,24)(H,21,25)/p+1. The minimum Gasteiger partial charge on any atom is -0.350 e. The molecule has 0 aromatic heterocycles. The molecule has 2 aromatic carbocycles. The SMILES string of the molecule is C[NH+](C)Cc1ccccc1CNC(=O)CNC(=O)c1cccc([N+](=O)[O-])c1. The van der Waals surface area contributed by atoms with E-state index < -0.39 is 10.8 Å². The monoisotopic (exact) mass is 371 g/mol. The van der Waals surface area contributed by atoms with E-state index in [0.717, 1.165) is 17.7 Å². The highest BCUT2D eigenvalue weighted by Gasteiger charge is 2.13. The van der Waals surface area contributed by atoms with Crippen molar-refractivity contribution in [1.82, 2.24) is 10.6 Å². The van der Waals surface area contributed by atoms with Crippen LogP contribution in [-0.2, 0) is 17.9 Å². The summed E-state index contributed by atoms with van der Waals surface area (Å²) in [6, 6.07) is 13.2. The van der Waals surface area contributed by atoms with Gasteiger partial charge in [-0.05, 0) is 11.6 Å². The minimum absolute atomic E-state index is 0.135. The quantitative estimate of drug-likeness (QED) is 0.458. The molecular weight excluding hydrogens is 348 g/mol. The molecule has 8 nitrogen and oxygen atoms in total. The van der Waals surface area contributed by atoms with Gasteiger partial charge in [0.05, 0.1) is 25.6 Å². The Morgan fingerprint density at radius 1 is 1.04 bits per heavy atom. The number of hydrogen-bond acceptors (Lipinski definition) is 4. The average Bonchev–Trinajstić information content (AvgIpc) is 2.65. The summed E-state index contributed by atoms with van der Waals surface area (Å²) in [5.41, 5.74) is 2.14. The van der Waals surface area contributed by atoms with Crippen LogP contribution in [0.1, 0.15) is 21.5 Å². The molecule has 0 saturated carbocycles. The van der Waals surface area contributed by atoms with Crippen molar-refractivity contribution in [1.29, 1.82) is 0 Å². The van der Waals surface area contributed by atoms with E-state index in [-0.39, 0.29) is 23.7 Å². The maximum absolute atomic E-state index is 12.1. The Morgan fingerprint density at radius 3 is 2.41 bits per heavy atom. The number of carbonyl (C=O) groups excluding carboxylic acids is 2. The van der Waals surface area contributed by atoms with E-state index in [1.54, 1.807) is 0 Å². The Balaban J connectivity index is 1.87. The molecule has 0 aliphatic rings. The summed E-state index contributed by atoms with van der Waals surface area (Å²) in [6.45, 7) is 1.01. The van der Waals surface area contributed by atoms with Crippen LogP contribution in [0.3, 0.4) is 0 Å². The summed E-state index contributed by atoms with van der Waals surface area (Å²) < 4.78 is 0. The summed E-state index contributed by atoms with van der Waals surface area (Å²) >= 11 is 0. The summed E-state index contributed by atoms with van der Waals surface area (Å²) in [4.78, 5) is 35.5. The summed E-state index contributed by atoms with van der Waals surface area (Å²) in [7, 11) is 4.11. The Hall–Kier alpha value is -3.26. The molecule has 0 atom stereocenters. The van der Waals surface area contributed by atoms with Gasteiger partial charge in [-0.3, -0.25) is 19.7 Å². The lowest BCUT2D eigenvalue weighted by Gasteiger charge is -2.13. The van der Waals surface area contributed by atoms with Gasteiger partial charge in [0, 0.05) is 29.8 Å². The van der Waals surface area contributed by atoms with Crippen LogP contribution in [0.2, 0.25) is 0 Å². The van der Waals surface area contributed by atoms with Gasteiger partial charge < -0.3 is 15.5 Å². The van der Waals surface area contributed by atoms with Crippen LogP contribution in [0.5, 0.6) is 0 Å². The van der Waals surface area contributed by atoms with Crippen molar-refractivity contribution in [3.05, 3.63) is 75.3 Å². The Morgan fingerprint density at radius 2 is 1.74 bits per heavy atom. The van der Waals surface area contributed by atoms with Crippen molar-refractivity contribution in [3.8, 4) is 0 Å². The molecule has 0 radical (unpaired) electrons. The van der Waals surface area contributed by atoms with Crippen molar-refractivity contribution in [2.24, 2.45) is 0 Å². The van der Waals surface area contributed by atoms with Crippen LogP contribution in [0, 0.1) is 10.1 Å². The first-order valence-electron chi connectivity index (χ1n) is 8.52. The lowest BCUT2D eigenvalue weighted by atomic mass is 10.1. The molecule has 2 rings (SSSR count). The molecule has 8 heteroatoms. The number of hydrogen-bond donors (Lipinski definition) is 3. The molecule has 0 aliphatic heterocycles. The first-order valence-corrected chi connectivity index (χ1v) is 8.52. The van der Waals surface area contributed by atoms with Crippen molar-refractivity contribution in [3.63, 3.8) is 0 Å². The van der Waals surface area contributed by atoms with Gasteiger partial charge in [0.1, 0.15) is 6.54 Å². The fourth-order valence-electron chi connectivity index (χ4n) is 2.56. The average molecular weight is 371 g/mol. The topological polar surface area (TPSA) is 106 Å². The zero-order valence-corrected chi connectivity index (χ0v) is 15.3. The highest BCUT2D eigenvalue weighted by molar-refractivity contribution is 5.96. The zero-order valence-electron chi connectivity index (χ0n) is 15.3. The molecule has 2 aromatic rings. The highest BCUT2D eigenvalue weighted by atomic mass is 16.6. The van der Waals surface area contributed by atoms with Gasteiger partial charge in [-0.25, -0.2) is 0 Å². The van der Waals surface area contributed by atoms with Crippen molar-refractivity contribution in [2.45, 2.75) is 13.1 Å². The Labute approximate surface area is 157 Å². The smallest absolute Gasteiger partial charge is 0.270 e. The van der Waals surface area contributed by atoms with E-state index in [0.29, 0.717) is 6.54 Å². The van der Waals surface area contributed by atoms with E-state index in [2.05, 4.69) is 24.7 Å². The number of nitrogens with zero attached hydrogens (tertiary/aromatic N) is 1. The molecule has 0 spiro atoms. The molecule has 0 saturated heterocycles. The molecule has 27 heavy (non-hydrogen) atoms. The molecule has 2 amide bonds. The largest absolute Gasteiger partial charge is 0.350 e. The van der Waals surface area contributed by atoms with Crippen LogP contribution in [-0.4, -0.2) is 37.4 Å². The molecule has 142 valence electrons. The van der Waals surface area contributed by atoms with Crippen molar-refractivity contribution in [2.75, 3.05) is 20.6 Å². The molecule has 0 unspecified atom stereocenters. The van der Waals surface area contributed by atoms with E-state index in [9.17, 15) is 19.7 Å². The van der Waals surface area contributed by atoms with Gasteiger partial charge in [-0.1, -0.05) is 30.3 Å². The predicted octanol–water partition coefficient (Wildman–Crippen LogP) is 0.286. The van der Waals surface area contributed by atoms with Crippen LogP contribution in [0.25, 0.3) is 0 Å².